The highest BCUT2D eigenvalue weighted by Crippen LogP contribution is 2.19. The molecule has 0 atom stereocenters. The molecule has 1 aromatic heterocycles. The molecule has 22 heavy (non-hydrogen) atoms. The third-order valence-corrected chi connectivity index (χ3v) is 4.06. The first-order chi connectivity index (χ1) is 10.7. The lowest BCUT2D eigenvalue weighted by molar-refractivity contribution is -0.118. The maximum Gasteiger partial charge on any atom is 0.229 e. The molecule has 7 heteroatoms. The molecule has 1 saturated heterocycles. The van der Waals surface area contributed by atoms with Crippen molar-refractivity contribution in [1.29, 1.82) is 0 Å². The largest absolute Gasteiger partial charge is 0.353 e. The van der Waals surface area contributed by atoms with Crippen LogP contribution in [0.3, 0.4) is 0 Å². The molecule has 0 aliphatic carbocycles. The fourth-order valence-electron chi connectivity index (χ4n) is 2.30. The maximum absolute atomic E-state index is 10.8. The van der Waals surface area contributed by atoms with Crippen LogP contribution in [0.5, 0.6) is 0 Å². The summed E-state index contributed by atoms with van der Waals surface area (Å²) in [4.78, 5) is 23.5. The number of rotatable bonds is 4. The molecule has 0 spiro atoms. The summed E-state index contributed by atoms with van der Waals surface area (Å²) in [5.74, 6) is 1.44. The average molecular weight is 362 g/mol. The van der Waals surface area contributed by atoms with Crippen molar-refractivity contribution in [1.82, 2.24) is 14.9 Å². The van der Waals surface area contributed by atoms with Crippen molar-refractivity contribution < 1.29 is 4.79 Å². The number of carbonyl (C=O) groups is 1. The van der Waals surface area contributed by atoms with Gasteiger partial charge < -0.3 is 15.1 Å². The minimum absolute atomic E-state index is 0.567. The molecule has 0 radical (unpaired) electrons. The fraction of sp³-hybridized carbons (Fsp3) is 0.267. The first-order valence-electron chi connectivity index (χ1n) is 7.04. The highest BCUT2D eigenvalue weighted by Gasteiger charge is 2.17. The Labute approximate surface area is 137 Å². The Kier molecular flexibility index (Phi) is 4.53. The van der Waals surface area contributed by atoms with Crippen LogP contribution in [-0.4, -0.2) is 47.5 Å². The van der Waals surface area contributed by atoms with Crippen molar-refractivity contribution in [2.24, 2.45) is 0 Å². The van der Waals surface area contributed by atoms with Gasteiger partial charge in [-0.1, -0.05) is 15.9 Å². The Bertz CT molecular complexity index is 641. The minimum atomic E-state index is 0.567. The van der Waals surface area contributed by atoms with E-state index < -0.39 is 0 Å². The van der Waals surface area contributed by atoms with Gasteiger partial charge >= 0.3 is 0 Å². The molecule has 1 N–H and O–H groups in total. The summed E-state index contributed by atoms with van der Waals surface area (Å²) in [6.45, 7) is 3.02. The third-order valence-electron chi connectivity index (χ3n) is 3.53. The molecule has 3 rings (SSSR count). The van der Waals surface area contributed by atoms with E-state index in [1.54, 1.807) is 11.1 Å². The van der Waals surface area contributed by atoms with Crippen molar-refractivity contribution in [2.75, 3.05) is 36.4 Å². The first kappa shape index (κ1) is 14.8. The van der Waals surface area contributed by atoms with E-state index in [1.165, 1.54) is 0 Å². The van der Waals surface area contributed by atoms with Gasteiger partial charge in [-0.3, -0.25) is 4.79 Å². The number of anilines is 3. The summed E-state index contributed by atoms with van der Waals surface area (Å²) >= 11 is 3.41. The highest BCUT2D eigenvalue weighted by atomic mass is 79.9. The van der Waals surface area contributed by atoms with E-state index in [2.05, 4.69) is 36.1 Å². The number of carbonyl (C=O) groups excluding carboxylic acids is 1. The Balaban J connectivity index is 1.70. The van der Waals surface area contributed by atoms with Crippen LogP contribution < -0.4 is 10.2 Å². The summed E-state index contributed by atoms with van der Waals surface area (Å²) in [6, 6.07) is 9.74. The Morgan fingerprint density at radius 2 is 1.82 bits per heavy atom. The standard InChI is InChI=1S/C15H16BrN5O/c16-12-1-3-13(4-2-12)18-15-17-6-5-14(19-15)21-9-7-20(11-22)8-10-21/h1-6,11H,7-10H2,(H,17,18,19). The van der Waals surface area contributed by atoms with Crippen LogP contribution in [0.4, 0.5) is 17.5 Å². The van der Waals surface area contributed by atoms with Gasteiger partial charge in [0.2, 0.25) is 12.4 Å². The van der Waals surface area contributed by atoms with Crippen molar-refractivity contribution in [2.45, 2.75) is 0 Å². The third kappa shape index (κ3) is 3.54. The summed E-state index contributed by atoms with van der Waals surface area (Å²) < 4.78 is 1.03. The molecule has 2 heterocycles. The van der Waals surface area contributed by atoms with Gasteiger partial charge in [-0.2, -0.15) is 4.98 Å². The number of nitrogens with zero attached hydrogens (tertiary/aromatic N) is 4. The summed E-state index contributed by atoms with van der Waals surface area (Å²) in [6.07, 6.45) is 2.65. The quantitative estimate of drug-likeness (QED) is 0.846. The second-order valence-corrected chi connectivity index (χ2v) is 5.91. The zero-order valence-electron chi connectivity index (χ0n) is 11.9. The second-order valence-electron chi connectivity index (χ2n) is 5.00. The van der Waals surface area contributed by atoms with E-state index >= 15 is 0 Å². The van der Waals surface area contributed by atoms with E-state index in [0.29, 0.717) is 5.95 Å². The van der Waals surface area contributed by atoms with E-state index in [-0.39, 0.29) is 0 Å². The van der Waals surface area contributed by atoms with Gasteiger partial charge in [0.05, 0.1) is 0 Å². The van der Waals surface area contributed by atoms with Crippen LogP contribution in [0.1, 0.15) is 0 Å². The molecular formula is C15H16BrN5O. The topological polar surface area (TPSA) is 61.4 Å². The van der Waals surface area contributed by atoms with E-state index in [0.717, 1.165) is 48.6 Å². The van der Waals surface area contributed by atoms with Gasteiger partial charge in [-0.25, -0.2) is 4.98 Å². The summed E-state index contributed by atoms with van der Waals surface area (Å²) in [5, 5.41) is 3.19. The molecule has 114 valence electrons. The number of aromatic nitrogens is 2. The SMILES string of the molecule is O=CN1CCN(c2ccnc(Nc3ccc(Br)cc3)n2)CC1. The van der Waals surface area contributed by atoms with Crippen molar-refractivity contribution in [3.05, 3.63) is 41.0 Å². The van der Waals surface area contributed by atoms with E-state index in [4.69, 9.17) is 0 Å². The smallest absolute Gasteiger partial charge is 0.229 e. The number of halogens is 1. The molecule has 1 fully saturated rings. The zero-order chi connectivity index (χ0) is 15.4. The Morgan fingerprint density at radius 1 is 1.09 bits per heavy atom. The molecule has 0 saturated carbocycles. The van der Waals surface area contributed by atoms with Gasteiger partial charge in [0, 0.05) is 42.5 Å². The average Bonchev–Trinajstić information content (AvgIpc) is 2.57. The molecule has 2 aromatic rings. The molecule has 0 unspecified atom stereocenters. The van der Waals surface area contributed by atoms with Gasteiger partial charge in [0.1, 0.15) is 5.82 Å². The van der Waals surface area contributed by atoms with Crippen LogP contribution in [0.2, 0.25) is 0 Å². The number of hydrogen-bond acceptors (Lipinski definition) is 5. The van der Waals surface area contributed by atoms with Crippen LogP contribution in [0.25, 0.3) is 0 Å². The maximum atomic E-state index is 10.8. The molecular weight excluding hydrogens is 346 g/mol. The normalized spacial score (nSPS) is 14.8. The number of piperazine rings is 1. The lowest BCUT2D eigenvalue weighted by Crippen LogP contribution is -2.46. The fourth-order valence-corrected chi connectivity index (χ4v) is 2.57. The van der Waals surface area contributed by atoms with Crippen LogP contribution in [0, 0.1) is 0 Å². The van der Waals surface area contributed by atoms with Crippen LogP contribution >= 0.6 is 15.9 Å². The van der Waals surface area contributed by atoms with Gasteiger partial charge in [0.15, 0.2) is 0 Å². The Hall–Kier alpha value is -2.15. The lowest BCUT2D eigenvalue weighted by atomic mass is 10.3. The summed E-state index contributed by atoms with van der Waals surface area (Å²) in [7, 11) is 0. The first-order valence-corrected chi connectivity index (χ1v) is 7.84. The van der Waals surface area contributed by atoms with Crippen molar-refractivity contribution >= 4 is 39.8 Å². The van der Waals surface area contributed by atoms with Crippen molar-refractivity contribution in [3.63, 3.8) is 0 Å². The number of nitrogens with one attached hydrogen (secondary N) is 1. The van der Waals surface area contributed by atoms with E-state index in [9.17, 15) is 4.79 Å². The molecule has 1 amide bonds. The minimum Gasteiger partial charge on any atom is -0.353 e. The molecule has 1 aromatic carbocycles. The predicted octanol–water partition coefficient (Wildman–Crippen LogP) is 2.26. The van der Waals surface area contributed by atoms with Gasteiger partial charge in [-0.05, 0) is 30.3 Å². The van der Waals surface area contributed by atoms with Gasteiger partial charge in [0.25, 0.3) is 0 Å². The number of hydrogen-bond donors (Lipinski definition) is 1. The number of benzene rings is 1. The molecule has 1 aliphatic heterocycles. The van der Waals surface area contributed by atoms with Crippen molar-refractivity contribution in [3.8, 4) is 0 Å². The lowest BCUT2D eigenvalue weighted by Gasteiger charge is -2.33. The monoisotopic (exact) mass is 361 g/mol. The highest BCUT2D eigenvalue weighted by molar-refractivity contribution is 9.10. The molecule has 6 nitrogen and oxygen atoms in total. The summed E-state index contributed by atoms with van der Waals surface area (Å²) in [5.41, 5.74) is 0.936. The molecule has 0 bridgehead atoms. The van der Waals surface area contributed by atoms with Gasteiger partial charge in [-0.15, -0.1) is 0 Å². The Morgan fingerprint density at radius 3 is 2.50 bits per heavy atom. The van der Waals surface area contributed by atoms with E-state index in [1.807, 2.05) is 30.3 Å². The molecule has 1 aliphatic rings. The van der Waals surface area contributed by atoms with Crippen LogP contribution in [0.15, 0.2) is 41.0 Å². The second kappa shape index (κ2) is 6.74. The predicted molar refractivity (Wildman–Crippen MR) is 89.3 cm³/mol. The van der Waals surface area contributed by atoms with Crippen LogP contribution in [-0.2, 0) is 4.79 Å². The zero-order valence-corrected chi connectivity index (χ0v) is 13.5. The number of amides is 1.